The molecule has 0 spiro atoms. The number of methoxy groups -OCH3 is 1. The lowest BCUT2D eigenvalue weighted by Crippen LogP contribution is -2.46. The Morgan fingerprint density at radius 2 is 1.85 bits per heavy atom. The van der Waals surface area contributed by atoms with Crippen molar-refractivity contribution in [3.8, 4) is 11.5 Å². The quantitative estimate of drug-likeness (QED) is 0.460. The lowest BCUT2D eigenvalue weighted by atomic mass is 9.92. The molecule has 214 valence electrons. The Labute approximate surface area is 232 Å². The van der Waals surface area contributed by atoms with Crippen molar-refractivity contribution in [2.75, 3.05) is 20.3 Å². The Morgan fingerprint density at radius 3 is 2.52 bits per heavy atom. The molecule has 40 heavy (non-hydrogen) atoms. The maximum Gasteiger partial charge on any atom is 0.331 e. The van der Waals surface area contributed by atoms with Gasteiger partial charge in [0.2, 0.25) is 5.75 Å². The Hall–Kier alpha value is -3.99. The molecule has 4 unspecified atom stereocenters. The van der Waals surface area contributed by atoms with E-state index < -0.39 is 36.1 Å². The van der Waals surface area contributed by atoms with Crippen molar-refractivity contribution in [1.29, 1.82) is 0 Å². The molecule has 1 N–H and O–H groups in total. The van der Waals surface area contributed by atoms with Gasteiger partial charge >= 0.3 is 17.9 Å². The Bertz CT molecular complexity index is 1220. The fourth-order valence-corrected chi connectivity index (χ4v) is 4.52. The summed E-state index contributed by atoms with van der Waals surface area (Å²) in [6, 6.07) is 10.1. The predicted octanol–water partition coefficient (Wildman–Crippen LogP) is 2.65. The predicted molar refractivity (Wildman–Crippen MR) is 141 cm³/mol. The molecule has 1 saturated heterocycles. The van der Waals surface area contributed by atoms with Gasteiger partial charge in [-0.05, 0) is 38.2 Å². The number of nitrogens with one attached hydrogen (secondary N) is 1. The van der Waals surface area contributed by atoms with Crippen LogP contribution >= 0.6 is 0 Å². The summed E-state index contributed by atoms with van der Waals surface area (Å²) in [6.07, 6.45) is 2.73. The molecule has 4 atom stereocenters. The molecule has 0 radical (unpaired) electrons. The average Bonchev–Trinajstić information content (AvgIpc) is 3.78. The van der Waals surface area contributed by atoms with E-state index in [2.05, 4.69) is 10.3 Å². The summed E-state index contributed by atoms with van der Waals surface area (Å²) in [7, 11) is 1.36. The molecule has 1 amide bonds. The van der Waals surface area contributed by atoms with E-state index in [1.807, 2.05) is 30.3 Å². The molecule has 2 heterocycles. The van der Waals surface area contributed by atoms with Gasteiger partial charge in [-0.2, -0.15) is 0 Å². The van der Waals surface area contributed by atoms with Crippen LogP contribution in [-0.2, 0) is 35.0 Å². The molecule has 1 aromatic carbocycles. The molecular weight excluding hydrogens is 520 g/mol. The monoisotopic (exact) mass is 554 g/mol. The minimum absolute atomic E-state index is 0.124. The van der Waals surface area contributed by atoms with E-state index in [0.717, 1.165) is 18.4 Å². The van der Waals surface area contributed by atoms with Crippen LogP contribution in [0.1, 0.15) is 49.2 Å². The fraction of sp³-hybridized carbons (Fsp3) is 0.483. The first-order valence-corrected chi connectivity index (χ1v) is 13.3. The van der Waals surface area contributed by atoms with Gasteiger partial charge in [0.1, 0.15) is 12.2 Å². The summed E-state index contributed by atoms with van der Waals surface area (Å²) >= 11 is 0. The number of nitrogens with zero attached hydrogens (tertiary/aromatic N) is 1. The second-order valence-electron chi connectivity index (χ2n) is 9.95. The van der Waals surface area contributed by atoms with E-state index in [1.165, 1.54) is 26.3 Å². The minimum atomic E-state index is -1.19. The summed E-state index contributed by atoms with van der Waals surface area (Å²) in [5.74, 6) is -2.95. The zero-order chi connectivity index (χ0) is 28.6. The fourth-order valence-electron chi connectivity index (χ4n) is 4.52. The van der Waals surface area contributed by atoms with Crippen LogP contribution in [0.4, 0.5) is 0 Å². The molecule has 1 aliphatic heterocycles. The van der Waals surface area contributed by atoms with Crippen molar-refractivity contribution >= 4 is 23.8 Å². The van der Waals surface area contributed by atoms with Gasteiger partial charge in [0, 0.05) is 25.1 Å². The number of hydrogen-bond donors (Lipinski definition) is 1. The summed E-state index contributed by atoms with van der Waals surface area (Å²) in [5.41, 5.74) is 0.881. The average molecular weight is 555 g/mol. The Morgan fingerprint density at radius 1 is 1.10 bits per heavy atom. The van der Waals surface area contributed by atoms with Gasteiger partial charge in [-0.1, -0.05) is 30.3 Å². The second-order valence-corrected chi connectivity index (χ2v) is 9.95. The van der Waals surface area contributed by atoms with Crippen LogP contribution in [0, 0.1) is 11.8 Å². The number of aromatic nitrogens is 1. The Kier molecular flexibility index (Phi) is 9.70. The molecule has 1 saturated carbocycles. The number of ether oxygens (including phenoxy) is 5. The smallest absolute Gasteiger partial charge is 0.331 e. The van der Waals surface area contributed by atoms with Crippen LogP contribution < -0.4 is 14.8 Å². The van der Waals surface area contributed by atoms with Crippen molar-refractivity contribution in [3.05, 3.63) is 53.9 Å². The second kappa shape index (κ2) is 13.4. The van der Waals surface area contributed by atoms with Crippen molar-refractivity contribution in [3.63, 3.8) is 0 Å². The van der Waals surface area contributed by atoms with E-state index in [9.17, 15) is 19.2 Å². The lowest BCUT2D eigenvalue weighted by Gasteiger charge is -2.30. The number of cyclic esters (lactones) is 1. The zero-order valence-corrected chi connectivity index (χ0v) is 22.8. The van der Waals surface area contributed by atoms with Gasteiger partial charge in [-0.25, -0.2) is 9.78 Å². The first-order valence-electron chi connectivity index (χ1n) is 13.3. The molecule has 2 aliphatic rings. The maximum absolute atomic E-state index is 13.2. The van der Waals surface area contributed by atoms with E-state index in [0.29, 0.717) is 12.8 Å². The van der Waals surface area contributed by atoms with Crippen molar-refractivity contribution in [1.82, 2.24) is 10.3 Å². The topological polar surface area (TPSA) is 139 Å². The Balaban J connectivity index is 1.51. The summed E-state index contributed by atoms with van der Waals surface area (Å²) < 4.78 is 27.9. The zero-order valence-electron chi connectivity index (χ0n) is 22.8. The van der Waals surface area contributed by atoms with Crippen LogP contribution in [-0.4, -0.2) is 67.4 Å². The third-order valence-electron chi connectivity index (χ3n) is 6.79. The molecule has 11 nitrogen and oxygen atoms in total. The van der Waals surface area contributed by atoms with Crippen molar-refractivity contribution in [2.45, 2.75) is 57.8 Å². The minimum Gasteiger partial charge on any atom is -0.493 e. The van der Waals surface area contributed by atoms with Gasteiger partial charge < -0.3 is 29.0 Å². The number of esters is 3. The lowest BCUT2D eigenvalue weighted by molar-refractivity contribution is -0.172. The number of carbonyl (C=O) groups is 4. The number of benzene rings is 1. The van der Waals surface area contributed by atoms with E-state index in [1.54, 1.807) is 6.92 Å². The van der Waals surface area contributed by atoms with Crippen molar-refractivity contribution in [2.24, 2.45) is 11.8 Å². The SMILES string of the molecule is COc1ccnc(C(=O)NC2COCC(CCc3ccccc3)C(OC(=O)C3CC3)C(C)OC2=O)c1OC(C)=O. The third kappa shape index (κ3) is 7.56. The number of rotatable bonds is 9. The number of amides is 1. The first kappa shape index (κ1) is 29.0. The molecule has 1 aliphatic carbocycles. The van der Waals surface area contributed by atoms with Gasteiger partial charge in [0.25, 0.3) is 5.91 Å². The summed E-state index contributed by atoms with van der Waals surface area (Å²) in [4.78, 5) is 54.6. The largest absolute Gasteiger partial charge is 0.493 e. The number of aryl methyl sites for hydroxylation is 1. The van der Waals surface area contributed by atoms with E-state index in [-0.39, 0.29) is 48.2 Å². The highest BCUT2D eigenvalue weighted by molar-refractivity contribution is 5.98. The van der Waals surface area contributed by atoms with Crippen LogP contribution in [0.3, 0.4) is 0 Å². The van der Waals surface area contributed by atoms with Gasteiger partial charge in [-0.3, -0.25) is 14.4 Å². The van der Waals surface area contributed by atoms with E-state index in [4.69, 9.17) is 23.7 Å². The highest BCUT2D eigenvalue weighted by Crippen LogP contribution is 2.33. The van der Waals surface area contributed by atoms with Crippen LogP contribution in [0.5, 0.6) is 11.5 Å². The van der Waals surface area contributed by atoms with Gasteiger partial charge in [0.05, 0.1) is 26.2 Å². The summed E-state index contributed by atoms with van der Waals surface area (Å²) in [5, 5.41) is 2.57. The summed E-state index contributed by atoms with van der Waals surface area (Å²) in [6.45, 7) is 2.85. The highest BCUT2D eigenvalue weighted by atomic mass is 16.6. The maximum atomic E-state index is 13.2. The van der Waals surface area contributed by atoms with Gasteiger partial charge in [-0.15, -0.1) is 0 Å². The molecule has 2 fully saturated rings. The van der Waals surface area contributed by atoms with Crippen molar-refractivity contribution < 1.29 is 42.9 Å². The van der Waals surface area contributed by atoms with Crippen LogP contribution in [0.25, 0.3) is 0 Å². The molecule has 0 bridgehead atoms. The highest BCUT2D eigenvalue weighted by Gasteiger charge is 2.40. The molecule has 4 rings (SSSR count). The first-order chi connectivity index (χ1) is 19.3. The van der Waals surface area contributed by atoms with E-state index >= 15 is 0 Å². The number of pyridine rings is 1. The third-order valence-corrected chi connectivity index (χ3v) is 6.79. The molecule has 2 aromatic rings. The molecule has 11 heteroatoms. The number of hydrogen-bond acceptors (Lipinski definition) is 10. The standard InChI is InChI=1S/C29H34N2O9/c1-17-25(40-28(34)20-11-12-20)21(10-9-19-7-5-4-6-8-19)15-37-16-22(29(35)38-17)31-27(33)24-26(39-18(2)32)23(36-3)13-14-30-24/h4-8,13-14,17,20-22,25H,9-12,15-16H2,1-3H3,(H,31,33). The molecular formula is C29H34N2O9. The van der Waals surface area contributed by atoms with Crippen LogP contribution in [0.2, 0.25) is 0 Å². The number of carbonyl (C=O) groups excluding carboxylic acids is 4. The van der Waals surface area contributed by atoms with Crippen LogP contribution in [0.15, 0.2) is 42.6 Å². The van der Waals surface area contributed by atoms with Gasteiger partial charge in [0.15, 0.2) is 17.5 Å². The molecule has 1 aromatic heterocycles. The normalized spacial score (nSPS) is 23.0.